The maximum Gasteiger partial charge on any atom is 0.263 e. The van der Waals surface area contributed by atoms with Gasteiger partial charge in [0.1, 0.15) is 0 Å². The third-order valence-electron chi connectivity index (χ3n) is 3.08. The van der Waals surface area contributed by atoms with Crippen LogP contribution in [-0.4, -0.2) is 45.6 Å². The smallest absolute Gasteiger partial charge is 0.235 e. The van der Waals surface area contributed by atoms with Gasteiger partial charge in [-0.3, -0.25) is 0 Å². The summed E-state index contributed by atoms with van der Waals surface area (Å²) >= 11 is 6.70. The minimum absolute atomic E-state index is 0.114. The van der Waals surface area contributed by atoms with Crippen LogP contribution in [0.2, 0.25) is 0 Å². The van der Waals surface area contributed by atoms with Gasteiger partial charge in [0.25, 0.3) is 10.0 Å². The van der Waals surface area contributed by atoms with E-state index in [9.17, 15) is 8.42 Å². The predicted molar refractivity (Wildman–Crippen MR) is 74.0 cm³/mol. The number of hydrogen-bond acceptors (Lipinski definition) is 4. The van der Waals surface area contributed by atoms with Crippen molar-refractivity contribution in [2.24, 2.45) is 13.0 Å². The molecule has 1 aliphatic rings. The van der Waals surface area contributed by atoms with E-state index < -0.39 is 10.0 Å². The third-order valence-corrected chi connectivity index (χ3v) is 7.20. The van der Waals surface area contributed by atoms with Crippen LogP contribution in [0.5, 0.6) is 0 Å². The van der Waals surface area contributed by atoms with E-state index >= 15 is 0 Å². The first-order chi connectivity index (χ1) is 8.34. The van der Waals surface area contributed by atoms with Crippen LogP contribution in [0.3, 0.4) is 0 Å². The molecule has 2 heterocycles. The molecule has 18 heavy (non-hydrogen) atoms. The number of halogens is 2. The molecule has 0 amide bonds. The van der Waals surface area contributed by atoms with E-state index in [4.69, 9.17) is 0 Å². The predicted octanol–water partition coefficient (Wildman–Crippen LogP) is 1.37. The van der Waals surface area contributed by atoms with E-state index in [-0.39, 0.29) is 15.5 Å². The Kier molecular flexibility index (Phi) is 4.15. The monoisotopic (exact) mass is 400 g/mol. The molecule has 2 unspecified atom stereocenters. The van der Waals surface area contributed by atoms with Gasteiger partial charge in [0.2, 0.25) is 5.03 Å². The van der Waals surface area contributed by atoms with Gasteiger partial charge >= 0.3 is 0 Å². The highest BCUT2D eigenvalue weighted by molar-refractivity contribution is 9.10. The summed E-state index contributed by atoms with van der Waals surface area (Å²) in [7, 11) is -1.96. The zero-order chi connectivity index (χ0) is 13.5. The lowest BCUT2D eigenvalue weighted by atomic mass is 10.0. The molecule has 2 atom stereocenters. The quantitative estimate of drug-likeness (QED) is 0.702. The van der Waals surface area contributed by atoms with Crippen LogP contribution in [0.1, 0.15) is 13.3 Å². The van der Waals surface area contributed by atoms with E-state index in [0.717, 1.165) is 6.42 Å². The summed E-state index contributed by atoms with van der Waals surface area (Å²) in [6, 6.07) is 0. The second-order valence-electron chi connectivity index (χ2n) is 4.45. The van der Waals surface area contributed by atoms with Crippen molar-refractivity contribution in [2.75, 3.05) is 13.1 Å². The Morgan fingerprint density at radius 2 is 2.11 bits per heavy atom. The van der Waals surface area contributed by atoms with Crippen molar-refractivity contribution in [1.29, 1.82) is 0 Å². The largest absolute Gasteiger partial charge is 0.263 e. The lowest BCUT2D eigenvalue weighted by Gasteiger charge is -2.33. The summed E-state index contributed by atoms with van der Waals surface area (Å²) in [6.45, 7) is 3.06. The summed E-state index contributed by atoms with van der Waals surface area (Å²) in [6.07, 6.45) is 0.809. The summed E-state index contributed by atoms with van der Waals surface area (Å²) in [5.74, 6) is 0.286. The van der Waals surface area contributed by atoms with Crippen LogP contribution < -0.4 is 0 Å². The van der Waals surface area contributed by atoms with Gasteiger partial charge < -0.3 is 0 Å². The molecule has 1 saturated heterocycles. The molecule has 102 valence electrons. The van der Waals surface area contributed by atoms with Crippen molar-refractivity contribution < 1.29 is 8.42 Å². The van der Waals surface area contributed by atoms with Gasteiger partial charge in [0.15, 0.2) is 4.60 Å². The topological polar surface area (TPSA) is 68.1 Å². The maximum atomic E-state index is 12.5. The number of alkyl halides is 1. The average Bonchev–Trinajstić information content (AvgIpc) is 2.62. The number of nitrogens with zero attached hydrogens (tertiary/aromatic N) is 4. The molecule has 0 bridgehead atoms. The van der Waals surface area contributed by atoms with Crippen LogP contribution >= 0.6 is 31.9 Å². The summed E-state index contributed by atoms with van der Waals surface area (Å²) in [5, 5.41) is 7.56. The van der Waals surface area contributed by atoms with E-state index in [1.54, 1.807) is 7.05 Å². The summed E-state index contributed by atoms with van der Waals surface area (Å²) < 4.78 is 28.1. The fourth-order valence-corrected chi connectivity index (χ4v) is 4.97. The zero-order valence-electron chi connectivity index (χ0n) is 10.0. The van der Waals surface area contributed by atoms with Crippen molar-refractivity contribution in [3.05, 3.63) is 4.60 Å². The number of piperidine rings is 1. The highest BCUT2D eigenvalue weighted by atomic mass is 79.9. The fraction of sp³-hybridized carbons (Fsp3) is 0.778. The lowest BCUT2D eigenvalue weighted by molar-refractivity contribution is 0.290. The first-order valence-electron chi connectivity index (χ1n) is 5.53. The number of hydrogen-bond donors (Lipinski definition) is 0. The second kappa shape index (κ2) is 5.18. The summed E-state index contributed by atoms with van der Waals surface area (Å²) in [4.78, 5) is 0.372. The summed E-state index contributed by atoms with van der Waals surface area (Å²) in [5.41, 5.74) is 0. The minimum atomic E-state index is -3.53. The van der Waals surface area contributed by atoms with Crippen molar-refractivity contribution in [2.45, 2.75) is 23.2 Å². The third kappa shape index (κ3) is 2.50. The van der Waals surface area contributed by atoms with Crippen LogP contribution in [0.4, 0.5) is 0 Å². The maximum absolute atomic E-state index is 12.5. The van der Waals surface area contributed by atoms with Gasteiger partial charge in [-0.05, 0) is 28.3 Å². The average molecular weight is 402 g/mol. The molecule has 0 N–H and O–H groups in total. The van der Waals surface area contributed by atoms with Crippen molar-refractivity contribution >= 4 is 41.9 Å². The van der Waals surface area contributed by atoms with Gasteiger partial charge in [0, 0.05) is 25.0 Å². The normalized spacial score (nSPS) is 26.4. The molecule has 0 spiro atoms. The van der Waals surface area contributed by atoms with Crippen molar-refractivity contribution in [3.63, 3.8) is 0 Å². The molecule has 9 heteroatoms. The molecule has 0 saturated carbocycles. The van der Waals surface area contributed by atoms with Crippen LogP contribution in [-0.2, 0) is 17.1 Å². The molecular formula is C9H14Br2N4O2S. The fourth-order valence-electron chi connectivity index (χ4n) is 2.02. The molecule has 0 aliphatic carbocycles. The molecule has 1 fully saturated rings. The second-order valence-corrected chi connectivity index (χ2v) is 8.23. The molecule has 1 aliphatic heterocycles. The van der Waals surface area contributed by atoms with Gasteiger partial charge in [-0.1, -0.05) is 28.1 Å². The SMILES string of the molecule is CC1CN(S(=O)(=O)c2c(Br)nnn2C)CCC1Br. The Morgan fingerprint density at radius 3 is 2.61 bits per heavy atom. The minimum Gasteiger partial charge on any atom is -0.235 e. The Hall–Kier alpha value is 0.01000. The Morgan fingerprint density at radius 1 is 1.44 bits per heavy atom. The van der Waals surface area contributed by atoms with Gasteiger partial charge in [-0.25, -0.2) is 13.1 Å². The highest BCUT2D eigenvalue weighted by Crippen LogP contribution is 2.29. The van der Waals surface area contributed by atoms with Crippen LogP contribution in [0.25, 0.3) is 0 Å². The van der Waals surface area contributed by atoms with Crippen molar-refractivity contribution in [3.8, 4) is 0 Å². The Bertz CT molecular complexity index is 525. The van der Waals surface area contributed by atoms with Crippen LogP contribution in [0, 0.1) is 5.92 Å². The van der Waals surface area contributed by atoms with Crippen molar-refractivity contribution in [1.82, 2.24) is 19.3 Å². The molecular weight excluding hydrogens is 388 g/mol. The molecule has 0 aromatic carbocycles. The van der Waals surface area contributed by atoms with Gasteiger partial charge in [-0.15, -0.1) is 5.10 Å². The molecule has 6 nitrogen and oxygen atoms in total. The number of aromatic nitrogens is 3. The Balaban J connectivity index is 2.33. The molecule has 0 radical (unpaired) electrons. The van der Waals surface area contributed by atoms with Gasteiger partial charge in [-0.2, -0.15) is 4.31 Å². The standard InChI is InChI=1S/C9H14Br2N4O2S/c1-6-5-15(4-3-7(6)10)18(16,17)9-8(11)12-13-14(9)2/h6-7H,3-5H2,1-2H3. The number of sulfonamides is 1. The van der Waals surface area contributed by atoms with E-state index in [1.807, 2.05) is 6.92 Å². The van der Waals surface area contributed by atoms with E-state index in [1.165, 1.54) is 8.99 Å². The van der Waals surface area contributed by atoms with Gasteiger partial charge in [0.05, 0.1) is 0 Å². The molecule has 1 aromatic heterocycles. The molecule has 2 rings (SSSR count). The van der Waals surface area contributed by atoms with E-state index in [2.05, 4.69) is 42.2 Å². The highest BCUT2D eigenvalue weighted by Gasteiger charge is 2.35. The molecule has 1 aromatic rings. The number of rotatable bonds is 2. The lowest BCUT2D eigenvalue weighted by Crippen LogP contribution is -2.43. The van der Waals surface area contributed by atoms with Crippen LogP contribution in [0.15, 0.2) is 9.63 Å². The number of aryl methyl sites for hydroxylation is 1. The first-order valence-corrected chi connectivity index (χ1v) is 8.68. The zero-order valence-corrected chi connectivity index (χ0v) is 14.0. The van der Waals surface area contributed by atoms with E-state index in [0.29, 0.717) is 17.9 Å². The first kappa shape index (κ1) is 14.4. The Labute approximate surface area is 123 Å².